The molecular formula is C19H19ClN4O4S2. The highest BCUT2D eigenvalue weighted by Crippen LogP contribution is 2.28. The topological polar surface area (TPSA) is 101 Å². The minimum Gasteiger partial charge on any atom is -0.494 e. The van der Waals surface area contributed by atoms with Gasteiger partial charge in [0, 0.05) is 16.7 Å². The van der Waals surface area contributed by atoms with Crippen LogP contribution in [-0.2, 0) is 14.8 Å². The zero-order chi connectivity index (χ0) is 21.7. The van der Waals surface area contributed by atoms with E-state index in [-0.39, 0.29) is 5.13 Å². The number of anilines is 2. The van der Waals surface area contributed by atoms with E-state index in [1.165, 1.54) is 11.3 Å². The summed E-state index contributed by atoms with van der Waals surface area (Å²) in [4.78, 5) is 12.5. The molecule has 0 fully saturated rings. The molecule has 0 bridgehead atoms. The van der Waals surface area contributed by atoms with E-state index >= 15 is 0 Å². The van der Waals surface area contributed by atoms with E-state index in [0.29, 0.717) is 28.1 Å². The third kappa shape index (κ3) is 5.68. The van der Waals surface area contributed by atoms with Crippen LogP contribution in [0, 0.1) is 0 Å². The zero-order valence-corrected chi connectivity index (χ0v) is 18.6. The second-order valence-electron chi connectivity index (χ2n) is 6.17. The summed E-state index contributed by atoms with van der Waals surface area (Å²) in [6.45, 7) is 1.86. The van der Waals surface area contributed by atoms with Crippen molar-refractivity contribution in [2.75, 3.05) is 29.0 Å². The van der Waals surface area contributed by atoms with Crippen molar-refractivity contribution < 1.29 is 17.9 Å². The van der Waals surface area contributed by atoms with Crippen LogP contribution in [0.5, 0.6) is 5.75 Å². The number of ether oxygens (including phenoxy) is 1. The predicted octanol–water partition coefficient (Wildman–Crippen LogP) is 3.66. The van der Waals surface area contributed by atoms with Gasteiger partial charge in [-0.05, 0) is 31.2 Å². The summed E-state index contributed by atoms with van der Waals surface area (Å²) < 4.78 is 31.0. The van der Waals surface area contributed by atoms with Gasteiger partial charge in [0.1, 0.15) is 17.3 Å². The molecule has 3 rings (SSSR count). The van der Waals surface area contributed by atoms with Crippen molar-refractivity contribution in [3.05, 3.63) is 53.6 Å². The minimum absolute atomic E-state index is 0.265. The first-order valence-corrected chi connectivity index (χ1v) is 11.9. The number of nitrogens with one attached hydrogen (secondary N) is 1. The fraction of sp³-hybridized carbons (Fsp3) is 0.211. The van der Waals surface area contributed by atoms with Gasteiger partial charge in [-0.1, -0.05) is 41.1 Å². The first kappa shape index (κ1) is 22.0. The number of hydrogen-bond donors (Lipinski definition) is 1. The average molecular weight is 467 g/mol. The molecule has 1 amide bonds. The number of halogens is 1. The number of hydrogen-bond acceptors (Lipinski definition) is 7. The molecule has 0 atom stereocenters. The molecule has 0 aliphatic heterocycles. The lowest BCUT2D eigenvalue weighted by Crippen LogP contribution is -2.37. The number of benzene rings is 2. The normalized spacial score (nSPS) is 11.2. The van der Waals surface area contributed by atoms with Gasteiger partial charge in [0.15, 0.2) is 0 Å². The monoisotopic (exact) mass is 466 g/mol. The van der Waals surface area contributed by atoms with Gasteiger partial charge in [-0.3, -0.25) is 14.4 Å². The van der Waals surface area contributed by atoms with Crippen molar-refractivity contribution in [3.63, 3.8) is 0 Å². The molecule has 2 aromatic carbocycles. The molecule has 0 saturated heterocycles. The highest BCUT2D eigenvalue weighted by atomic mass is 35.5. The Kier molecular flexibility index (Phi) is 6.91. The molecule has 0 saturated carbocycles. The lowest BCUT2D eigenvalue weighted by atomic mass is 10.2. The molecule has 1 N–H and O–H groups in total. The second-order valence-corrected chi connectivity index (χ2v) is 9.49. The number of rotatable bonds is 8. The Morgan fingerprint density at radius 3 is 2.60 bits per heavy atom. The van der Waals surface area contributed by atoms with Crippen LogP contribution < -0.4 is 14.4 Å². The average Bonchev–Trinajstić information content (AvgIpc) is 3.14. The summed E-state index contributed by atoms with van der Waals surface area (Å²) in [5.41, 5.74) is 1.14. The van der Waals surface area contributed by atoms with E-state index < -0.39 is 22.5 Å². The molecule has 0 unspecified atom stereocenters. The molecule has 0 radical (unpaired) electrons. The number of aromatic nitrogens is 2. The van der Waals surface area contributed by atoms with Crippen LogP contribution in [0.4, 0.5) is 10.8 Å². The first-order chi connectivity index (χ1) is 14.3. The highest BCUT2D eigenvalue weighted by molar-refractivity contribution is 7.92. The fourth-order valence-electron chi connectivity index (χ4n) is 2.57. The van der Waals surface area contributed by atoms with Crippen LogP contribution in [0.2, 0.25) is 5.02 Å². The lowest BCUT2D eigenvalue weighted by molar-refractivity contribution is -0.114. The molecule has 0 spiro atoms. The standard InChI is InChI=1S/C19H19ClN4O4S2/c1-3-28-16-6-4-5-15(11-16)24(30(2,26)27)12-17(25)21-19-23-22-18(29-19)13-7-9-14(20)10-8-13/h4-11H,3,12H2,1-2H3,(H,21,23,25). The van der Waals surface area contributed by atoms with Gasteiger partial charge in [-0.15, -0.1) is 10.2 Å². The quantitative estimate of drug-likeness (QED) is 0.543. The predicted molar refractivity (Wildman–Crippen MR) is 119 cm³/mol. The Bertz CT molecular complexity index is 1130. The van der Waals surface area contributed by atoms with Crippen LogP contribution in [0.1, 0.15) is 6.92 Å². The van der Waals surface area contributed by atoms with Crippen LogP contribution in [0.3, 0.4) is 0 Å². The van der Waals surface area contributed by atoms with Crippen molar-refractivity contribution in [3.8, 4) is 16.3 Å². The summed E-state index contributed by atoms with van der Waals surface area (Å²) in [7, 11) is -3.71. The zero-order valence-electron chi connectivity index (χ0n) is 16.2. The van der Waals surface area contributed by atoms with E-state index in [1.807, 2.05) is 6.92 Å². The van der Waals surface area contributed by atoms with Crippen LogP contribution in [-0.4, -0.2) is 43.9 Å². The van der Waals surface area contributed by atoms with Gasteiger partial charge >= 0.3 is 0 Å². The third-order valence-electron chi connectivity index (χ3n) is 3.87. The molecule has 30 heavy (non-hydrogen) atoms. The van der Waals surface area contributed by atoms with Gasteiger partial charge < -0.3 is 4.74 Å². The molecule has 3 aromatic rings. The molecule has 11 heteroatoms. The third-order valence-corrected chi connectivity index (χ3v) is 6.15. The lowest BCUT2D eigenvalue weighted by Gasteiger charge is -2.22. The first-order valence-electron chi connectivity index (χ1n) is 8.86. The largest absolute Gasteiger partial charge is 0.494 e. The fourth-order valence-corrected chi connectivity index (χ4v) is 4.31. The Balaban J connectivity index is 1.74. The van der Waals surface area contributed by atoms with Crippen molar-refractivity contribution in [1.29, 1.82) is 0 Å². The van der Waals surface area contributed by atoms with Gasteiger partial charge in [-0.2, -0.15) is 0 Å². The van der Waals surface area contributed by atoms with Gasteiger partial charge in [0.05, 0.1) is 18.6 Å². The molecular weight excluding hydrogens is 448 g/mol. The van der Waals surface area contributed by atoms with Crippen LogP contribution in [0.25, 0.3) is 10.6 Å². The molecule has 1 heterocycles. The smallest absolute Gasteiger partial charge is 0.246 e. The Morgan fingerprint density at radius 2 is 1.93 bits per heavy atom. The highest BCUT2D eigenvalue weighted by Gasteiger charge is 2.22. The van der Waals surface area contributed by atoms with Crippen molar-refractivity contribution >= 4 is 49.7 Å². The number of amides is 1. The van der Waals surface area contributed by atoms with E-state index in [4.69, 9.17) is 16.3 Å². The van der Waals surface area contributed by atoms with Gasteiger partial charge in [-0.25, -0.2) is 8.42 Å². The van der Waals surface area contributed by atoms with Crippen LogP contribution in [0.15, 0.2) is 48.5 Å². The SMILES string of the molecule is CCOc1cccc(N(CC(=O)Nc2nnc(-c3ccc(Cl)cc3)s2)S(C)(=O)=O)c1. The van der Waals surface area contributed by atoms with Gasteiger partial charge in [0.2, 0.25) is 21.1 Å². The Labute approximate surface area is 183 Å². The second kappa shape index (κ2) is 9.41. The Hall–Kier alpha value is -2.69. The number of nitrogens with zero attached hydrogens (tertiary/aromatic N) is 3. The summed E-state index contributed by atoms with van der Waals surface area (Å²) in [6.07, 6.45) is 1.04. The molecule has 8 nitrogen and oxygen atoms in total. The summed E-state index contributed by atoms with van der Waals surface area (Å²) in [5.74, 6) is -0.0261. The van der Waals surface area contributed by atoms with E-state index in [2.05, 4.69) is 15.5 Å². The number of carbonyl (C=O) groups excluding carboxylic acids is 1. The van der Waals surface area contributed by atoms with Gasteiger partial charge in [0.25, 0.3) is 0 Å². The maximum Gasteiger partial charge on any atom is 0.246 e. The summed E-state index contributed by atoms with van der Waals surface area (Å²) >= 11 is 7.06. The molecule has 158 valence electrons. The van der Waals surface area contributed by atoms with E-state index in [9.17, 15) is 13.2 Å². The summed E-state index contributed by atoms with van der Waals surface area (Å²) in [6, 6.07) is 13.6. The van der Waals surface area contributed by atoms with E-state index in [0.717, 1.165) is 16.1 Å². The molecule has 1 aromatic heterocycles. The minimum atomic E-state index is -3.71. The van der Waals surface area contributed by atoms with Crippen molar-refractivity contribution in [2.45, 2.75) is 6.92 Å². The maximum atomic E-state index is 12.5. The number of carbonyl (C=O) groups is 1. The van der Waals surface area contributed by atoms with Crippen LogP contribution >= 0.6 is 22.9 Å². The van der Waals surface area contributed by atoms with Crippen molar-refractivity contribution in [1.82, 2.24) is 10.2 Å². The number of sulfonamides is 1. The van der Waals surface area contributed by atoms with Crippen molar-refractivity contribution in [2.24, 2.45) is 0 Å². The Morgan fingerprint density at radius 1 is 1.20 bits per heavy atom. The van der Waals surface area contributed by atoms with E-state index in [1.54, 1.807) is 48.5 Å². The molecule has 0 aliphatic carbocycles. The maximum absolute atomic E-state index is 12.5. The molecule has 0 aliphatic rings. The summed E-state index contributed by atoms with van der Waals surface area (Å²) in [5, 5.41) is 12.1.